The lowest BCUT2D eigenvalue weighted by molar-refractivity contribution is -0.131. The van der Waals surface area contributed by atoms with Crippen molar-refractivity contribution in [2.45, 2.75) is 39.3 Å². The van der Waals surface area contributed by atoms with Gasteiger partial charge in [-0.15, -0.1) is 0 Å². The topological polar surface area (TPSA) is 41.6 Å². The van der Waals surface area contributed by atoms with E-state index in [0.29, 0.717) is 19.9 Å². The van der Waals surface area contributed by atoms with Crippen LogP contribution >= 0.6 is 0 Å². The van der Waals surface area contributed by atoms with Crippen molar-refractivity contribution in [1.82, 2.24) is 10.2 Å². The van der Waals surface area contributed by atoms with E-state index in [1.54, 1.807) is 0 Å². The number of ether oxygens (including phenoxy) is 1. The van der Waals surface area contributed by atoms with E-state index < -0.39 is 0 Å². The molecule has 1 heterocycles. The Labute approximate surface area is 85.6 Å². The van der Waals surface area contributed by atoms with Crippen LogP contribution in [-0.2, 0) is 9.53 Å². The van der Waals surface area contributed by atoms with Crippen molar-refractivity contribution in [2.75, 3.05) is 19.9 Å². The van der Waals surface area contributed by atoms with Crippen molar-refractivity contribution in [3.05, 3.63) is 0 Å². The molecule has 14 heavy (non-hydrogen) atoms. The number of carbonyl (C=O) groups excluding carboxylic acids is 1. The first kappa shape index (κ1) is 11.5. The molecule has 0 saturated carbocycles. The second-order valence-corrected chi connectivity index (χ2v) is 3.64. The first-order chi connectivity index (χ1) is 6.70. The summed E-state index contributed by atoms with van der Waals surface area (Å²) in [5.74, 6) is 0.208. The largest absolute Gasteiger partial charge is 0.380 e. The molecule has 1 aliphatic rings. The Morgan fingerprint density at radius 1 is 1.64 bits per heavy atom. The highest BCUT2D eigenvalue weighted by atomic mass is 16.5. The average molecular weight is 200 g/mol. The molecular weight excluding hydrogens is 180 g/mol. The van der Waals surface area contributed by atoms with Gasteiger partial charge in [-0.25, -0.2) is 0 Å². The van der Waals surface area contributed by atoms with Crippen molar-refractivity contribution in [3.63, 3.8) is 0 Å². The van der Waals surface area contributed by atoms with Crippen LogP contribution in [0.2, 0.25) is 0 Å². The van der Waals surface area contributed by atoms with Crippen molar-refractivity contribution in [2.24, 2.45) is 0 Å². The van der Waals surface area contributed by atoms with E-state index in [-0.39, 0.29) is 18.0 Å². The summed E-state index contributed by atoms with van der Waals surface area (Å²) in [5, 5.41) is 3.18. The van der Waals surface area contributed by atoms with Gasteiger partial charge in [0.05, 0.1) is 25.4 Å². The molecule has 1 rings (SSSR count). The summed E-state index contributed by atoms with van der Waals surface area (Å²) < 4.78 is 5.30. The summed E-state index contributed by atoms with van der Waals surface area (Å²) in [7, 11) is 0. The Bertz CT molecular complexity index is 197. The maximum absolute atomic E-state index is 11.7. The molecule has 0 aromatic heterocycles. The number of carbonyl (C=O) groups is 1. The molecule has 0 bridgehead atoms. The zero-order valence-corrected chi connectivity index (χ0v) is 9.25. The zero-order chi connectivity index (χ0) is 10.6. The molecule has 0 radical (unpaired) electrons. The van der Waals surface area contributed by atoms with E-state index in [1.807, 2.05) is 25.7 Å². The first-order valence-electron chi connectivity index (χ1n) is 5.32. The molecule has 82 valence electrons. The molecule has 1 N–H and O–H groups in total. The third-order valence-corrected chi connectivity index (χ3v) is 2.59. The van der Waals surface area contributed by atoms with E-state index in [4.69, 9.17) is 4.74 Å². The Kier molecular flexibility index (Phi) is 4.35. The number of hydrogen-bond acceptors (Lipinski definition) is 3. The van der Waals surface area contributed by atoms with Crippen LogP contribution in [-0.4, -0.2) is 42.8 Å². The zero-order valence-electron chi connectivity index (χ0n) is 9.25. The fourth-order valence-electron chi connectivity index (χ4n) is 1.64. The van der Waals surface area contributed by atoms with Gasteiger partial charge in [0.15, 0.2) is 0 Å². The van der Waals surface area contributed by atoms with E-state index in [1.165, 1.54) is 0 Å². The molecule has 4 heteroatoms. The number of amides is 1. The SMILES string of the molecule is CCOCC(C)N1CNC(CC)C1=O. The molecule has 0 aliphatic carbocycles. The number of nitrogens with zero attached hydrogens (tertiary/aromatic N) is 1. The van der Waals surface area contributed by atoms with Gasteiger partial charge in [-0.3, -0.25) is 10.1 Å². The highest BCUT2D eigenvalue weighted by Crippen LogP contribution is 2.10. The molecule has 4 nitrogen and oxygen atoms in total. The first-order valence-corrected chi connectivity index (χ1v) is 5.32. The van der Waals surface area contributed by atoms with Gasteiger partial charge < -0.3 is 9.64 Å². The summed E-state index contributed by atoms with van der Waals surface area (Å²) in [6, 6.07) is 0.186. The lowest BCUT2D eigenvalue weighted by atomic mass is 10.2. The van der Waals surface area contributed by atoms with Gasteiger partial charge in [0.1, 0.15) is 0 Å². The molecule has 0 aromatic carbocycles. The Balaban J connectivity index is 2.41. The number of nitrogens with one attached hydrogen (secondary N) is 1. The third-order valence-electron chi connectivity index (χ3n) is 2.59. The van der Waals surface area contributed by atoms with E-state index in [9.17, 15) is 4.79 Å². The standard InChI is InChI=1S/C10H20N2O2/c1-4-9-10(13)12(7-11-9)8(3)6-14-5-2/h8-9,11H,4-7H2,1-3H3. The molecule has 2 unspecified atom stereocenters. The average Bonchev–Trinajstić information content (AvgIpc) is 2.56. The summed E-state index contributed by atoms with van der Waals surface area (Å²) >= 11 is 0. The predicted octanol–water partition coefficient (Wildman–Crippen LogP) is 0.579. The van der Waals surface area contributed by atoms with Crippen molar-refractivity contribution < 1.29 is 9.53 Å². The fraction of sp³-hybridized carbons (Fsp3) is 0.900. The van der Waals surface area contributed by atoms with Gasteiger partial charge in [0.2, 0.25) is 5.91 Å². The van der Waals surface area contributed by atoms with E-state index in [2.05, 4.69) is 5.32 Å². The van der Waals surface area contributed by atoms with Gasteiger partial charge in [-0.1, -0.05) is 6.92 Å². The second-order valence-electron chi connectivity index (χ2n) is 3.64. The smallest absolute Gasteiger partial charge is 0.241 e. The molecule has 1 fully saturated rings. The molecule has 2 atom stereocenters. The normalized spacial score (nSPS) is 24.4. The maximum atomic E-state index is 11.7. The summed E-state index contributed by atoms with van der Waals surface area (Å²) in [4.78, 5) is 13.6. The van der Waals surface area contributed by atoms with Crippen LogP contribution in [0.3, 0.4) is 0 Å². The molecule has 1 saturated heterocycles. The van der Waals surface area contributed by atoms with Crippen LogP contribution < -0.4 is 5.32 Å². The molecule has 1 amide bonds. The van der Waals surface area contributed by atoms with Crippen LogP contribution in [0.4, 0.5) is 0 Å². The minimum Gasteiger partial charge on any atom is -0.380 e. The second kappa shape index (κ2) is 5.32. The molecular formula is C10H20N2O2. The van der Waals surface area contributed by atoms with Crippen LogP contribution in [0.15, 0.2) is 0 Å². The Hall–Kier alpha value is -0.610. The van der Waals surface area contributed by atoms with Crippen LogP contribution in [0, 0.1) is 0 Å². The number of rotatable bonds is 5. The van der Waals surface area contributed by atoms with Gasteiger partial charge in [-0.05, 0) is 20.3 Å². The van der Waals surface area contributed by atoms with Gasteiger partial charge in [-0.2, -0.15) is 0 Å². The maximum Gasteiger partial charge on any atom is 0.241 e. The van der Waals surface area contributed by atoms with E-state index >= 15 is 0 Å². The third kappa shape index (κ3) is 2.45. The fourth-order valence-corrected chi connectivity index (χ4v) is 1.64. The predicted molar refractivity (Wildman–Crippen MR) is 54.9 cm³/mol. The van der Waals surface area contributed by atoms with E-state index in [0.717, 1.165) is 6.42 Å². The monoisotopic (exact) mass is 200 g/mol. The van der Waals surface area contributed by atoms with Crippen molar-refractivity contribution >= 4 is 5.91 Å². The van der Waals surface area contributed by atoms with Gasteiger partial charge >= 0.3 is 0 Å². The van der Waals surface area contributed by atoms with Crippen LogP contribution in [0.5, 0.6) is 0 Å². The van der Waals surface area contributed by atoms with Crippen molar-refractivity contribution in [3.8, 4) is 0 Å². The molecule has 0 spiro atoms. The minimum atomic E-state index is 0.0130. The van der Waals surface area contributed by atoms with Crippen molar-refractivity contribution in [1.29, 1.82) is 0 Å². The molecule has 1 aliphatic heterocycles. The highest BCUT2D eigenvalue weighted by Gasteiger charge is 2.32. The lowest BCUT2D eigenvalue weighted by Gasteiger charge is -2.23. The Morgan fingerprint density at radius 2 is 2.36 bits per heavy atom. The Morgan fingerprint density at radius 3 is 2.86 bits per heavy atom. The highest BCUT2D eigenvalue weighted by molar-refractivity contribution is 5.83. The van der Waals surface area contributed by atoms with Crippen LogP contribution in [0.25, 0.3) is 0 Å². The summed E-state index contributed by atoms with van der Waals surface area (Å²) in [6.07, 6.45) is 0.858. The number of hydrogen-bond donors (Lipinski definition) is 1. The lowest BCUT2D eigenvalue weighted by Crippen LogP contribution is -2.39. The summed E-state index contributed by atoms with van der Waals surface area (Å²) in [6.45, 7) is 7.99. The summed E-state index contributed by atoms with van der Waals surface area (Å²) in [5.41, 5.74) is 0. The van der Waals surface area contributed by atoms with Gasteiger partial charge in [0, 0.05) is 6.61 Å². The van der Waals surface area contributed by atoms with Gasteiger partial charge in [0.25, 0.3) is 0 Å². The minimum absolute atomic E-state index is 0.0130. The quantitative estimate of drug-likeness (QED) is 0.706. The molecule has 0 aromatic rings. The van der Waals surface area contributed by atoms with Crippen LogP contribution in [0.1, 0.15) is 27.2 Å².